The fourth-order valence-corrected chi connectivity index (χ4v) is 3.32. The standard InChI is InChI=1S/C22H31N5O/c1-8-24-27-20(25-17(7)21(15(4)5)22(27)28)14-23-19-12-11-18(13-16(19)6)26(9-2)10-3/h8,11-15H,9-10H2,1-7H3/b23-14?,24-8+. The topological polar surface area (TPSA) is 62.9 Å². The van der Waals surface area contributed by atoms with Crippen LogP contribution in [0.5, 0.6) is 0 Å². The smallest absolute Gasteiger partial charge is 0.278 e. The highest BCUT2D eigenvalue weighted by atomic mass is 16.1. The number of hydrogen-bond donors (Lipinski definition) is 0. The van der Waals surface area contributed by atoms with Gasteiger partial charge in [0.25, 0.3) is 5.56 Å². The van der Waals surface area contributed by atoms with Crippen molar-refractivity contribution in [3.8, 4) is 0 Å². The number of aromatic nitrogens is 2. The summed E-state index contributed by atoms with van der Waals surface area (Å²) in [5, 5.41) is 4.20. The van der Waals surface area contributed by atoms with Crippen molar-refractivity contribution >= 4 is 23.8 Å². The molecule has 0 aliphatic carbocycles. The molecule has 2 rings (SSSR count). The van der Waals surface area contributed by atoms with Crippen LogP contribution in [0.3, 0.4) is 0 Å². The van der Waals surface area contributed by atoms with E-state index in [1.54, 1.807) is 19.4 Å². The highest BCUT2D eigenvalue weighted by Gasteiger charge is 2.15. The maximum absolute atomic E-state index is 12.8. The third-order valence-electron chi connectivity index (χ3n) is 4.75. The van der Waals surface area contributed by atoms with Gasteiger partial charge in [0.05, 0.1) is 11.9 Å². The predicted octanol–water partition coefficient (Wildman–Crippen LogP) is 4.43. The van der Waals surface area contributed by atoms with Gasteiger partial charge in [-0.15, -0.1) is 0 Å². The lowest BCUT2D eigenvalue weighted by atomic mass is 10.0. The monoisotopic (exact) mass is 381 g/mol. The summed E-state index contributed by atoms with van der Waals surface area (Å²) in [5.74, 6) is 0.511. The zero-order valence-corrected chi connectivity index (χ0v) is 18.0. The third kappa shape index (κ3) is 4.55. The van der Waals surface area contributed by atoms with Gasteiger partial charge in [0.1, 0.15) is 0 Å². The Kier molecular flexibility index (Phi) is 7.26. The Bertz CT molecular complexity index is 937. The highest BCUT2D eigenvalue weighted by Crippen LogP contribution is 2.24. The number of anilines is 1. The van der Waals surface area contributed by atoms with Crippen molar-refractivity contribution in [2.75, 3.05) is 18.0 Å². The van der Waals surface area contributed by atoms with Crippen molar-refractivity contribution in [2.45, 2.75) is 54.4 Å². The van der Waals surface area contributed by atoms with E-state index in [4.69, 9.17) is 0 Å². The first-order valence-corrected chi connectivity index (χ1v) is 9.86. The molecule has 1 aromatic carbocycles. The fourth-order valence-electron chi connectivity index (χ4n) is 3.32. The van der Waals surface area contributed by atoms with Crippen LogP contribution in [-0.4, -0.2) is 35.2 Å². The molecule has 0 saturated heterocycles. The maximum Gasteiger partial charge on any atom is 0.278 e. The molecule has 0 amide bonds. The second kappa shape index (κ2) is 9.44. The molecule has 0 atom stereocenters. The largest absolute Gasteiger partial charge is 0.372 e. The molecule has 0 fully saturated rings. The van der Waals surface area contributed by atoms with Crippen molar-refractivity contribution in [3.63, 3.8) is 0 Å². The van der Waals surface area contributed by atoms with E-state index in [1.165, 1.54) is 10.4 Å². The van der Waals surface area contributed by atoms with Crippen LogP contribution in [0.4, 0.5) is 11.4 Å². The van der Waals surface area contributed by atoms with E-state index in [0.29, 0.717) is 11.4 Å². The minimum absolute atomic E-state index is 0.0826. The summed E-state index contributed by atoms with van der Waals surface area (Å²) in [6, 6.07) is 6.21. The van der Waals surface area contributed by atoms with E-state index in [9.17, 15) is 4.79 Å². The molecule has 1 heterocycles. The molecule has 0 unspecified atom stereocenters. The molecule has 6 heteroatoms. The Morgan fingerprint density at radius 2 is 1.89 bits per heavy atom. The first-order chi connectivity index (χ1) is 13.3. The molecule has 1 aromatic heterocycles. The highest BCUT2D eigenvalue weighted by molar-refractivity contribution is 5.79. The van der Waals surface area contributed by atoms with Gasteiger partial charge in [-0.3, -0.25) is 9.79 Å². The van der Waals surface area contributed by atoms with Gasteiger partial charge in [0.2, 0.25) is 0 Å². The molecule has 6 nitrogen and oxygen atoms in total. The molecule has 0 aliphatic heterocycles. The van der Waals surface area contributed by atoms with Crippen LogP contribution in [0, 0.1) is 13.8 Å². The zero-order valence-electron chi connectivity index (χ0n) is 18.0. The summed E-state index contributed by atoms with van der Waals surface area (Å²) in [6.07, 6.45) is 3.20. The number of nitrogens with zero attached hydrogens (tertiary/aromatic N) is 5. The molecule has 0 N–H and O–H groups in total. The van der Waals surface area contributed by atoms with Crippen LogP contribution in [-0.2, 0) is 0 Å². The lowest BCUT2D eigenvalue weighted by Gasteiger charge is -2.21. The summed E-state index contributed by atoms with van der Waals surface area (Å²) in [7, 11) is 0. The van der Waals surface area contributed by atoms with Crippen molar-refractivity contribution in [1.29, 1.82) is 0 Å². The number of aryl methyl sites for hydroxylation is 2. The summed E-state index contributed by atoms with van der Waals surface area (Å²) in [6.45, 7) is 15.9. The average molecular weight is 382 g/mol. The Morgan fingerprint density at radius 3 is 2.43 bits per heavy atom. The van der Waals surface area contributed by atoms with E-state index < -0.39 is 0 Å². The van der Waals surface area contributed by atoms with E-state index in [-0.39, 0.29) is 11.5 Å². The molecular weight excluding hydrogens is 350 g/mol. The van der Waals surface area contributed by atoms with Crippen LogP contribution in [0.1, 0.15) is 63.2 Å². The number of benzene rings is 1. The van der Waals surface area contributed by atoms with Crippen LogP contribution >= 0.6 is 0 Å². The third-order valence-corrected chi connectivity index (χ3v) is 4.75. The SMILES string of the molecule is C/C=N/n1c(C=Nc2ccc(N(CC)CC)cc2C)nc(C)c(C(C)C)c1=O. The van der Waals surface area contributed by atoms with Crippen LogP contribution in [0.2, 0.25) is 0 Å². The number of rotatable bonds is 7. The molecule has 0 bridgehead atoms. The first-order valence-electron chi connectivity index (χ1n) is 9.86. The lowest BCUT2D eigenvalue weighted by molar-refractivity contribution is 0.722. The molecule has 0 spiro atoms. The van der Waals surface area contributed by atoms with Gasteiger partial charge in [-0.25, -0.2) is 4.98 Å². The molecule has 0 radical (unpaired) electrons. The van der Waals surface area contributed by atoms with Gasteiger partial charge in [0, 0.05) is 36.2 Å². The van der Waals surface area contributed by atoms with Gasteiger partial charge < -0.3 is 4.90 Å². The minimum atomic E-state index is -0.143. The average Bonchev–Trinajstić information content (AvgIpc) is 2.64. The van der Waals surface area contributed by atoms with Gasteiger partial charge >= 0.3 is 0 Å². The van der Waals surface area contributed by atoms with Crippen molar-refractivity contribution in [1.82, 2.24) is 9.66 Å². The minimum Gasteiger partial charge on any atom is -0.372 e. The number of aliphatic imine (C=N–C) groups is 1. The maximum atomic E-state index is 12.8. The van der Waals surface area contributed by atoms with Crippen molar-refractivity contribution < 1.29 is 0 Å². The Morgan fingerprint density at radius 1 is 1.21 bits per heavy atom. The lowest BCUT2D eigenvalue weighted by Crippen LogP contribution is -2.27. The van der Waals surface area contributed by atoms with Gasteiger partial charge in [-0.2, -0.15) is 9.78 Å². The van der Waals surface area contributed by atoms with Gasteiger partial charge in [-0.1, -0.05) is 13.8 Å². The Labute approximate surface area is 167 Å². The van der Waals surface area contributed by atoms with E-state index >= 15 is 0 Å². The van der Waals surface area contributed by atoms with Crippen LogP contribution in [0.25, 0.3) is 0 Å². The normalized spacial score (nSPS) is 11.9. The Hall–Kier alpha value is -2.76. The van der Waals surface area contributed by atoms with E-state index in [0.717, 1.165) is 30.0 Å². The van der Waals surface area contributed by atoms with Crippen LogP contribution < -0.4 is 10.5 Å². The van der Waals surface area contributed by atoms with Crippen molar-refractivity contribution in [2.24, 2.45) is 10.1 Å². The fraction of sp³-hybridized carbons (Fsp3) is 0.455. The summed E-state index contributed by atoms with van der Waals surface area (Å²) >= 11 is 0. The quantitative estimate of drug-likeness (QED) is 0.666. The number of hydrogen-bond acceptors (Lipinski definition) is 5. The zero-order chi connectivity index (χ0) is 20.8. The van der Waals surface area contributed by atoms with E-state index in [1.807, 2.05) is 33.8 Å². The molecule has 0 aliphatic rings. The second-order valence-corrected chi connectivity index (χ2v) is 7.02. The van der Waals surface area contributed by atoms with Crippen LogP contribution in [0.15, 0.2) is 33.1 Å². The Balaban J connectivity index is 2.48. The molecule has 28 heavy (non-hydrogen) atoms. The van der Waals surface area contributed by atoms with Gasteiger partial charge in [0.15, 0.2) is 5.82 Å². The summed E-state index contributed by atoms with van der Waals surface area (Å²) in [5.41, 5.74) is 4.37. The van der Waals surface area contributed by atoms with Crippen molar-refractivity contribution in [3.05, 3.63) is 51.2 Å². The summed E-state index contributed by atoms with van der Waals surface area (Å²) in [4.78, 5) is 24.3. The molecule has 2 aromatic rings. The molecule has 0 saturated carbocycles. The second-order valence-electron chi connectivity index (χ2n) is 7.02. The summed E-state index contributed by atoms with van der Waals surface area (Å²) < 4.78 is 1.32. The van der Waals surface area contributed by atoms with Gasteiger partial charge in [-0.05, 0) is 64.3 Å². The molecular formula is C22H31N5O. The predicted molar refractivity (Wildman–Crippen MR) is 119 cm³/mol. The van der Waals surface area contributed by atoms with E-state index in [2.05, 4.69) is 46.0 Å². The molecule has 150 valence electrons. The first kappa shape index (κ1) is 21.5.